The molecule has 0 fully saturated rings. The smallest absolute Gasteiger partial charge is 0.252 e. The third-order valence-corrected chi connectivity index (χ3v) is 5.36. The second-order valence-corrected chi connectivity index (χ2v) is 9.44. The van der Waals surface area contributed by atoms with Crippen LogP contribution in [-0.4, -0.2) is 42.1 Å². The van der Waals surface area contributed by atoms with Crippen molar-refractivity contribution in [1.82, 2.24) is 16.0 Å². The summed E-state index contributed by atoms with van der Waals surface area (Å²) < 4.78 is 0. The Morgan fingerprint density at radius 2 is 1.47 bits per heavy atom. The summed E-state index contributed by atoms with van der Waals surface area (Å²) in [6.45, 7) is 10.7. The third kappa shape index (κ3) is 6.15. The van der Waals surface area contributed by atoms with Gasteiger partial charge in [0.05, 0.1) is 6.04 Å². The van der Waals surface area contributed by atoms with E-state index in [0.717, 1.165) is 10.8 Å². The Morgan fingerprint density at radius 1 is 0.844 bits per heavy atom. The Balaban J connectivity index is 2.17. The minimum atomic E-state index is -0.879. The summed E-state index contributed by atoms with van der Waals surface area (Å²) in [6.07, 6.45) is 0.680. The van der Waals surface area contributed by atoms with E-state index in [9.17, 15) is 19.2 Å². The van der Waals surface area contributed by atoms with E-state index in [2.05, 4.69) is 16.0 Å². The van der Waals surface area contributed by atoms with Gasteiger partial charge in [0.1, 0.15) is 18.4 Å². The van der Waals surface area contributed by atoms with Crippen LogP contribution in [0.15, 0.2) is 42.5 Å². The lowest BCUT2D eigenvalue weighted by atomic mass is 9.85. The zero-order valence-electron chi connectivity index (χ0n) is 19.6. The van der Waals surface area contributed by atoms with E-state index in [0.29, 0.717) is 11.8 Å². The van der Waals surface area contributed by atoms with Crippen LogP contribution >= 0.6 is 0 Å². The molecular formula is C25H33N3O4. The van der Waals surface area contributed by atoms with Crippen molar-refractivity contribution < 1.29 is 19.2 Å². The van der Waals surface area contributed by atoms with E-state index in [1.165, 1.54) is 0 Å². The van der Waals surface area contributed by atoms with Gasteiger partial charge >= 0.3 is 0 Å². The number of rotatable bonds is 8. The molecule has 0 aliphatic carbocycles. The van der Waals surface area contributed by atoms with Crippen LogP contribution in [0.2, 0.25) is 0 Å². The maximum atomic E-state index is 13.1. The fraction of sp³-hybridized carbons (Fsp3) is 0.440. The molecule has 2 rings (SSSR count). The van der Waals surface area contributed by atoms with Crippen molar-refractivity contribution in [1.29, 1.82) is 0 Å². The molecule has 172 valence electrons. The Morgan fingerprint density at radius 3 is 2.06 bits per heavy atom. The standard InChI is InChI=1S/C25H33N3O4/c1-15(2)20(14-29)27-22(30)16(3)26-24(32)21(25(4,5)6)28-23(31)19-13-9-11-17-10-7-8-12-18(17)19/h7-16,20-21H,1-6H3,(H,26,32)(H,27,30)(H,28,31). The number of carbonyl (C=O) groups is 4. The normalized spacial score (nSPS) is 14.3. The van der Waals surface area contributed by atoms with Gasteiger partial charge in [0.25, 0.3) is 5.91 Å². The van der Waals surface area contributed by atoms with Crippen LogP contribution in [0.4, 0.5) is 0 Å². The molecule has 32 heavy (non-hydrogen) atoms. The first-order valence-corrected chi connectivity index (χ1v) is 10.8. The molecule has 3 atom stereocenters. The molecule has 7 heteroatoms. The van der Waals surface area contributed by atoms with E-state index < -0.39 is 35.4 Å². The molecule has 0 saturated carbocycles. The average molecular weight is 440 g/mol. The van der Waals surface area contributed by atoms with Gasteiger partial charge in [-0.2, -0.15) is 0 Å². The summed E-state index contributed by atoms with van der Waals surface area (Å²) in [5.74, 6) is -1.37. The molecule has 0 heterocycles. The molecular weight excluding hydrogens is 406 g/mol. The second-order valence-electron chi connectivity index (χ2n) is 9.44. The van der Waals surface area contributed by atoms with Crippen molar-refractivity contribution in [2.75, 3.05) is 0 Å². The van der Waals surface area contributed by atoms with Crippen LogP contribution in [-0.2, 0) is 14.4 Å². The van der Waals surface area contributed by atoms with E-state index in [4.69, 9.17) is 0 Å². The molecule has 0 aliphatic heterocycles. The van der Waals surface area contributed by atoms with Gasteiger partial charge in [-0.25, -0.2) is 0 Å². The molecule has 3 N–H and O–H groups in total. The van der Waals surface area contributed by atoms with Crippen molar-refractivity contribution in [3.8, 4) is 0 Å². The molecule has 7 nitrogen and oxygen atoms in total. The van der Waals surface area contributed by atoms with Crippen LogP contribution in [0.3, 0.4) is 0 Å². The van der Waals surface area contributed by atoms with E-state index in [-0.39, 0.29) is 11.8 Å². The highest BCUT2D eigenvalue weighted by Gasteiger charge is 2.34. The van der Waals surface area contributed by atoms with Crippen LogP contribution < -0.4 is 16.0 Å². The van der Waals surface area contributed by atoms with Gasteiger partial charge < -0.3 is 20.7 Å². The maximum absolute atomic E-state index is 13.1. The number of amides is 3. The first-order valence-electron chi connectivity index (χ1n) is 10.8. The fourth-order valence-corrected chi connectivity index (χ4v) is 3.32. The molecule has 0 bridgehead atoms. The Labute approximate surface area is 189 Å². The Kier molecular flexibility index (Phi) is 8.14. The summed E-state index contributed by atoms with van der Waals surface area (Å²) in [4.78, 5) is 49.7. The number of nitrogens with one attached hydrogen (secondary N) is 3. The second kappa shape index (κ2) is 10.4. The topological polar surface area (TPSA) is 104 Å². The number of benzene rings is 2. The molecule has 2 aromatic rings. The minimum absolute atomic E-state index is 0.0679. The number of hydrogen-bond acceptors (Lipinski definition) is 4. The molecule has 0 spiro atoms. The first-order chi connectivity index (χ1) is 15.0. The Hall–Kier alpha value is -3.22. The highest BCUT2D eigenvalue weighted by Crippen LogP contribution is 2.22. The quantitative estimate of drug-likeness (QED) is 0.550. The lowest BCUT2D eigenvalue weighted by molar-refractivity contribution is -0.131. The lowest BCUT2D eigenvalue weighted by Gasteiger charge is -2.31. The van der Waals surface area contributed by atoms with Crippen LogP contribution in [0.1, 0.15) is 51.9 Å². The number of carbonyl (C=O) groups excluding carboxylic acids is 4. The number of aldehydes is 1. The van der Waals surface area contributed by atoms with Crippen LogP contribution in [0.25, 0.3) is 10.8 Å². The van der Waals surface area contributed by atoms with Crippen LogP contribution in [0.5, 0.6) is 0 Å². The average Bonchev–Trinajstić information content (AvgIpc) is 2.73. The monoisotopic (exact) mass is 439 g/mol. The molecule has 0 saturated heterocycles. The van der Waals surface area contributed by atoms with Gasteiger partial charge in [-0.3, -0.25) is 14.4 Å². The molecule has 0 aromatic heterocycles. The first kappa shape index (κ1) is 25.0. The molecule has 3 unspecified atom stereocenters. The van der Waals surface area contributed by atoms with Crippen molar-refractivity contribution in [3.63, 3.8) is 0 Å². The minimum Gasteiger partial charge on any atom is -0.345 e. The molecule has 0 radical (unpaired) electrons. The van der Waals surface area contributed by atoms with Gasteiger partial charge in [-0.05, 0) is 35.1 Å². The lowest BCUT2D eigenvalue weighted by Crippen LogP contribution is -2.58. The highest BCUT2D eigenvalue weighted by molar-refractivity contribution is 6.08. The number of fused-ring (bicyclic) bond motifs is 1. The summed E-state index contributed by atoms with van der Waals surface area (Å²) in [6, 6.07) is 10.6. The maximum Gasteiger partial charge on any atom is 0.252 e. The van der Waals surface area contributed by atoms with E-state index in [1.54, 1.807) is 19.1 Å². The van der Waals surface area contributed by atoms with Gasteiger partial charge in [0.2, 0.25) is 11.8 Å². The summed E-state index contributed by atoms with van der Waals surface area (Å²) in [5, 5.41) is 9.86. The van der Waals surface area contributed by atoms with Gasteiger partial charge in [0, 0.05) is 5.56 Å². The predicted molar refractivity (Wildman–Crippen MR) is 125 cm³/mol. The SMILES string of the molecule is CC(NC(=O)C(NC(=O)c1cccc2ccccc12)C(C)(C)C)C(=O)NC(C=O)C(C)C. The fourth-order valence-electron chi connectivity index (χ4n) is 3.32. The van der Waals surface area contributed by atoms with E-state index >= 15 is 0 Å². The molecule has 2 aromatic carbocycles. The van der Waals surface area contributed by atoms with E-state index in [1.807, 2.05) is 65.0 Å². The molecule has 3 amide bonds. The van der Waals surface area contributed by atoms with Gasteiger partial charge in [-0.15, -0.1) is 0 Å². The largest absolute Gasteiger partial charge is 0.345 e. The zero-order valence-corrected chi connectivity index (χ0v) is 19.6. The highest BCUT2D eigenvalue weighted by atomic mass is 16.2. The van der Waals surface area contributed by atoms with Crippen LogP contribution in [0, 0.1) is 11.3 Å². The predicted octanol–water partition coefficient (Wildman–Crippen LogP) is 2.83. The van der Waals surface area contributed by atoms with Crippen molar-refractivity contribution >= 4 is 34.8 Å². The summed E-state index contributed by atoms with van der Waals surface area (Å²) in [5.41, 5.74) is -0.134. The third-order valence-electron chi connectivity index (χ3n) is 5.36. The van der Waals surface area contributed by atoms with Crippen molar-refractivity contribution in [3.05, 3.63) is 48.0 Å². The van der Waals surface area contributed by atoms with Crippen molar-refractivity contribution in [2.24, 2.45) is 11.3 Å². The summed E-state index contributed by atoms with van der Waals surface area (Å²) in [7, 11) is 0. The zero-order chi connectivity index (χ0) is 24.1. The van der Waals surface area contributed by atoms with Gasteiger partial charge in [-0.1, -0.05) is 71.0 Å². The van der Waals surface area contributed by atoms with Gasteiger partial charge in [0.15, 0.2) is 0 Å². The number of hydrogen-bond donors (Lipinski definition) is 3. The Bertz CT molecular complexity index is 989. The summed E-state index contributed by atoms with van der Waals surface area (Å²) >= 11 is 0. The van der Waals surface area contributed by atoms with Crippen molar-refractivity contribution in [2.45, 2.75) is 59.7 Å². The molecule has 0 aliphatic rings.